The molecule has 4 heteroatoms. The monoisotopic (exact) mass is 710 g/mol. The van der Waals surface area contributed by atoms with Crippen molar-refractivity contribution in [2.75, 3.05) is 0 Å². The molecule has 0 aromatic heterocycles. The number of benzene rings is 7. The predicted octanol–water partition coefficient (Wildman–Crippen LogP) is 13.8. The lowest BCUT2D eigenvalue weighted by Crippen LogP contribution is -1.91. The van der Waals surface area contributed by atoms with Crippen molar-refractivity contribution in [3.63, 3.8) is 0 Å². The summed E-state index contributed by atoms with van der Waals surface area (Å²) >= 11 is 0. The summed E-state index contributed by atoms with van der Waals surface area (Å²) < 4.78 is 55.4. The minimum Gasteiger partial charge on any atom is -0.207 e. The standard InChI is InChI=1S/C50H34F4/c51-45-25-17-39(18-26-45)49(40-19-27-46(52)28-20-40)33-43-11-5-3-9-37(43)15-13-35-7-1-2-8-36(35)14-16-38-10-4-6-12-44(38)34-50(41-21-29-47(53)30-22-41)42-23-31-48(54)32-24-42/h1-34H. The molecule has 262 valence electrons. The van der Waals surface area contributed by atoms with Crippen molar-refractivity contribution in [1.82, 2.24) is 0 Å². The summed E-state index contributed by atoms with van der Waals surface area (Å²) in [5.41, 5.74) is 10.8. The first kappa shape index (κ1) is 35.6. The molecular weight excluding hydrogens is 677 g/mol. The molecule has 0 fully saturated rings. The van der Waals surface area contributed by atoms with E-state index in [9.17, 15) is 17.6 Å². The number of halogens is 4. The minimum absolute atomic E-state index is 0.326. The van der Waals surface area contributed by atoms with E-state index in [4.69, 9.17) is 0 Å². The molecular formula is C50H34F4. The normalized spacial score (nSPS) is 11.2. The van der Waals surface area contributed by atoms with Crippen LogP contribution in [-0.4, -0.2) is 0 Å². The molecule has 0 saturated carbocycles. The Morgan fingerprint density at radius 3 is 0.704 bits per heavy atom. The first-order chi connectivity index (χ1) is 26.4. The van der Waals surface area contributed by atoms with Crippen LogP contribution in [0.2, 0.25) is 0 Å². The SMILES string of the molecule is Fc1ccc(C(=Cc2ccccc2C=Cc2ccccc2C=Cc2ccccc2C=C(c2ccc(F)cc2)c2ccc(F)cc2)c2ccc(F)cc2)cc1. The van der Waals surface area contributed by atoms with E-state index < -0.39 is 0 Å². The fraction of sp³-hybridized carbons (Fsp3) is 0. The highest BCUT2D eigenvalue weighted by Crippen LogP contribution is 2.30. The van der Waals surface area contributed by atoms with E-state index in [2.05, 4.69) is 36.4 Å². The molecule has 0 radical (unpaired) electrons. The van der Waals surface area contributed by atoms with Gasteiger partial charge in [-0.25, -0.2) is 17.6 Å². The lowest BCUT2D eigenvalue weighted by atomic mass is 9.93. The minimum atomic E-state index is -0.326. The molecule has 7 aromatic carbocycles. The van der Waals surface area contributed by atoms with Gasteiger partial charge in [0.15, 0.2) is 0 Å². The lowest BCUT2D eigenvalue weighted by Gasteiger charge is -2.11. The summed E-state index contributed by atoms with van der Waals surface area (Å²) in [6, 6.07) is 49.4. The Morgan fingerprint density at radius 2 is 0.463 bits per heavy atom. The molecule has 7 rings (SSSR count). The van der Waals surface area contributed by atoms with E-state index >= 15 is 0 Å². The van der Waals surface area contributed by atoms with Crippen molar-refractivity contribution in [2.45, 2.75) is 0 Å². The molecule has 0 aliphatic carbocycles. The molecule has 7 aromatic rings. The van der Waals surface area contributed by atoms with Crippen LogP contribution in [-0.2, 0) is 0 Å². The molecule has 0 bridgehead atoms. The van der Waals surface area contributed by atoms with Gasteiger partial charge in [-0.1, -0.05) is 146 Å². The highest BCUT2D eigenvalue weighted by atomic mass is 19.1. The van der Waals surface area contributed by atoms with Crippen molar-refractivity contribution < 1.29 is 17.6 Å². The van der Waals surface area contributed by atoms with Crippen molar-refractivity contribution in [2.24, 2.45) is 0 Å². The third-order valence-corrected chi connectivity index (χ3v) is 9.09. The van der Waals surface area contributed by atoms with E-state index in [1.807, 2.05) is 72.8 Å². The molecule has 0 aliphatic rings. The van der Waals surface area contributed by atoms with Crippen LogP contribution in [0.4, 0.5) is 17.6 Å². The Bertz CT molecular complexity index is 2210. The van der Waals surface area contributed by atoms with Gasteiger partial charge in [-0.3, -0.25) is 0 Å². The van der Waals surface area contributed by atoms with E-state index in [1.165, 1.54) is 48.5 Å². The zero-order valence-corrected chi connectivity index (χ0v) is 29.1. The highest BCUT2D eigenvalue weighted by molar-refractivity contribution is 5.95. The Balaban J connectivity index is 1.22. The molecule has 0 amide bonds. The fourth-order valence-corrected chi connectivity index (χ4v) is 6.26. The van der Waals surface area contributed by atoms with Crippen LogP contribution in [0, 0.1) is 23.3 Å². The van der Waals surface area contributed by atoms with E-state index in [1.54, 1.807) is 48.5 Å². The van der Waals surface area contributed by atoms with Gasteiger partial charge in [0, 0.05) is 0 Å². The second-order valence-corrected chi connectivity index (χ2v) is 12.7. The molecule has 0 heterocycles. The first-order valence-corrected chi connectivity index (χ1v) is 17.5. The molecule has 0 atom stereocenters. The summed E-state index contributed by atoms with van der Waals surface area (Å²) in [4.78, 5) is 0. The van der Waals surface area contributed by atoms with E-state index in [-0.39, 0.29) is 23.3 Å². The fourth-order valence-electron chi connectivity index (χ4n) is 6.26. The van der Waals surface area contributed by atoms with Crippen LogP contribution >= 0.6 is 0 Å². The van der Waals surface area contributed by atoms with Crippen LogP contribution in [0.1, 0.15) is 55.6 Å². The van der Waals surface area contributed by atoms with Crippen molar-refractivity contribution in [1.29, 1.82) is 0 Å². The van der Waals surface area contributed by atoms with Gasteiger partial charge in [0.2, 0.25) is 0 Å². The van der Waals surface area contributed by atoms with Gasteiger partial charge >= 0.3 is 0 Å². The molecule has 0 nitrogen and oxygen atoms in total. The molecule has 0 saturated heterocycles. The summed E-state index contributed by atoms with van der Waals surface area (Å²) in [7, 11) is 0. The average Bonchev–Trinajstić information content (AvgIpc) is 3.20. The topological polar surface area (TPSA) is 0 Å². The third kappa shape index (κ3) is 8.80. The second-order valence-electron chi connectivity index (χ2n) is 12.7. The highest BCUT2D eigenvalue weighted by Gasteiger charge is 2.10. The van der Waals surface area contributed by atoms with Gasteiger partial charge in [-0.05, 0) is 127 Å². The molecule has 0 N–H and O–H groups in total. The Labute approximate surface area is 313 Å². The quantitative estimate of drug-likeness (QED) is 0.0979. The van der Waals surface area contributed by atoms with Gasteiger partial charge in [0.25, 0.3) is 0 Å². The second kappa shape index (κ2) is 16.7. The van der Waals surface area contributed by atoms with Gasteiger partial charge in [0.05, 0.1) is 0 Å². The van der Waals surface area contributed by atoms with Gasteiger partial charge in [0.1, 0.15) is 23.3 Å². The number of hydrogen-bond acceptors (Lipinski definition) is 0. The maximum atomic E-state index is 13.9. The van der Waals surface area contributed by atoms with E-state index in [0.29, 0.717) is 0 Å². The van der Waals surface area contributed by atoms with Crippen molar-refractivity contribution >= 4 is 47.6 Å². The predicted molar refractivity (Wildman–Crippen MR) is 217 cm³/mol. The molecule has 0 aliphatic heterocycles. The van der Waals surface area contributed by atoms with Gasteiger partial charge in [-0.2, -0.15) is 0 Å². The van der Waals surface area contributed by atoms with E-state index in [0.717, 1.165) is 66.8 Å². The van der Waals surface area contributed by atoms with Crippen LogP contribution in [0.25, 0.3) is 47.6 Å². The van der Waals surface area contributed by atoms with Crippen LogP contribution in [0.3, 0.4) is 0 Å². The Hall–Kier alpha value is -6.78. The maximum absolute atomic E-state index is 13.9. The average molecular weight is 711 g/mol. The Morgan fingerprint density at radius 1 is 0.259 bits per heavy atom. The lowest BCUT2D eigenvalue weighted by molar-refractivity contribution is 0.627. The summed E-state index contributed by atoms with van der Waals surface area (Å²) in [6.45, 7) is 0. The van der Waals surface area contributed by atoms with Gasteiger partial charge < -0.3 is 0 Å². The van der Waals surface area contributed by atoms with Gasteiger partial charge in [-0.15, -0.1) is 0 Å². The van der Waals surface area contributed by atoms with Crippen molar-refractivity contribution in [3.8, 4) is 0 Å². The Kier molecular flexibility index (Phi) is 11.0. The molecule has 0 spiro atoms. The van der Waals surface area contributed by atoms with Crippen LogP contribution < -0.4 is 0 Å². The first-order valence-electron chi connectivity index (χ1n) is 17.5. The molecule has 0 unspecified atom stereocenters. The zero-order valence-electron chi connectivity index (χ0n) is 29.1. The number of hydrogen-bond donors (Lipinski definition) is 0. The maximum Gasteiger partial charge on any atom is 0.123 e. The smallest absolute Gasteiger partial charge is 0.123 e. The largest absolute Gasteiger partial charge is 0.207 e. The zero-order chi connectivity index (χ0) is 37.3. The summed E-state index contributed by atoms with van der Waals surface area (Å²) in [5.74, 6) is -1.30. The molecule has 54 heavy (non-hydrogen) atoms. The summed E-state index contributed by atoms with van der Waals surface area (Å²) in [6.07, 6.45) is 12.4. The van der Waals surface area contributed by atoms with Crippen molar-refractivity contribution in [3.05, 3.63) is 249 Å². The third-order valence-electron chi connectivity index (χ3n) is 9.09. The van der Waals surface area contributed by atoms with Crippen LogP contribution in [0.5, 0.6) is 0 Å². The number of rotatable bonds is 10. The summed E-state index contributed by atoms with van der Waals surface area (Å²) in [5, 5.41) is 0. The van der Waals surface area contributed by atoms with Crippen LogP contribution in [0.15, 0.2) is 170 Å².